The van der Waals surface area contributed by atoms with Crippen LogP contribution in [-0.2, 0) is 4.79 Å². The second kappa shape index (κ2) is 7.72. The van der Waals surface area contributed by atoms with Crippen LogP contribution in [0.2, 0.25) is 0 Å². The van der Waals surface area contributed by atoms with Crippen LogP contribution in [0.4, 0.5) is 5.69 Å². The first-order chi connectivity index (χ1) is 12.4. The average Bonchev–Trinajstić information content (AvgIpc) is 2.90. The Morgan fingerprint density at radius 3 is 2.46 bits per heavy atom. The number of anilines is 1. The van der Waals surface area contributed by atoms with Gasteiger partial charge in [-0.25, -0.2) is 0 Å². The van der Waals surface area contributed by atoms with Gasteiger partial charge in [-0.2, -0.15) is 5.10 Å². The molecule has 1 aromatic heterocycles. The lowest BCUT2D eigenvalue weighted by Gasteiger charge is -2.24. The summed E-state index contributed by atoms with van der Waals surface area (Å²) >= 11 is 0. The highest BCUT2D eigenvalue weighted by atomic mass is 16.2. The molecule has 2 N–H and O–H groups in total. The van der Waals surface area contributed by atoms with Crippen molar-refractivity contribution in [3.8, 4) is 0 Å². The molecular weight excluding hydrogens is 328 g/mol. The molecule has 1 saturated carbocycles. The van der Waals surface area contributed by atoms with Gasteiger partial charge in [-0.05, 0) is 63.9 Å². The zero-order chi connectivity index (χ0) is 18.7. The topological polar surface area (TPSA) is 76.0 Å². The highest BCUT2D eigenvalue weighted by Crippen LogP contribution is 2.27. The van der Waals surface area contributed by atoms with Crippen molar-refractivity contribution in [2.24, 2.45) is 5.92 Å². The molecule has 0 saturated heterocycles. The number of hydrogen-bond acceptors (Lipinski definition) is 3. The van der Waals surface area contributed by atoms with E-state index in [1.807, 2.05) is 31.5 Å². The van der Waals surface area contributed by atoms with Gasteiger partial charge in [0.1, 0.15) is 0 Å². The van der Waals surface area contributed by atoms with Gasteiger partial charge in [0.05, 0.1) is 11.7 Å². The number of carbonyl (C=O) groups is 2. The Hall–Kier alpha value is -2.63. The Kier molecular flexibility index (Phi) is 5.40. The molecule has 3 rings (SSSR count). The number of nitrogens with zero attached hydrogens (tertiary/aromatic N) is 2. The molecule has 138 valence electrons. The molecular formula is C20H26N4O2. The third kappa shape index (κ3) is 4.12. The summed E-state index contributed by atoms with van der Waals surface area (Å²) in [4.78, 5) is 24.3. The Bertz CT molecular complexity index is 791. The molecule has 1 atom stereocenters. The maximum absolute atomic E-state index is 12.3. The van der Waals surface area contributed by atoms with Gasteiger partial charge in [0.15, 0.2) is 0 Å². The first kappa shape index (κ1) is 18.2. The standard InChI is InChI=1S/C20H26N4O2/c1-13-11-14(2)24(23-13)15(3)12-21-19(25)17-7-9-18(10-8-17)22-20(26)16-5-4-6-16/h7-11,15-16H,4-6,12H2,1-3H3,(H,21,25)(H,22,26). The van der Waals surface area contributed by atoms with Crippen LogP contribution in [0.25, 0.3) is 0 Å². The van der Waals surface area contributed by atoms with Gasteiger partial charge < -0.3 is 10.6 Å². The molecule has 1 aromatic carbocycles. The Balaban J connectivity index is 1.52. The van der Waals surface area contributed by atoms with Crippen molar-refractivity contribution < 1.29 is 9.59 Å². The second-order valence-electron chi connectivity index (χ2n) is 7.13. The molecule has 2 aromatic rings. The fourth-order valence-corrected chi connectivity index (χ4v) is 3.14. The number of carbonyl (C=O) groups excluding carboxylic acids is 2. The SMILES string of the molecule is Cc1cc(C)n(C(C)CNC(=O)c2ccc(NC(=O)C3CCC3)cc2)n1. The largest absolute Gasteiger partial charge is 0.350 e. The van der Waals surface area contributed by atoms with Gasteiger partial charge in [0.25, 0.3) is 5.91 Å². The summed E-state index contributed by atoms with van der Waals surface area (Å²) in [5, 5.41) is 10.3. The summed E-state index contributed by atoms with van der Waals surface area (Å²) < 4.78 is 1.93. The molecule has 1 aliphatic rings. The third-order valence-electron chi connectivity index (χ3n) is 4.91. The highest BCUT2D eigenvalue weighted by molar-refractivity contribution is 5.96. The van der Waals surface area contributed by atoms with Crippen LogP contribution in [0, 0.1) is 19.8 Å². The molecule has 6 nitrogen and oxygen atoms in total. The van der Waals surface area contributed by atoms with Gasteiger partial charge in [-0.3, -0.25) is 14.3 Å². The first-order valence-corrected chi connectivity index (χ1v) is 9.16. The predicted octanol–water partition coefficient (Wildman–Crippen LogP) is 3.23. The zero-order valence-corrected chi connectivity index (χ0v) is 15.6. The predicted molar refractivity (Wildman–Crippen MR) is 101 cm³/mol. The first-order valence-electron chi connectivity index (χ1n) is 9.16. The Morgan fingerprint density at radius 1 is 1.23 bits per heavy atom. The van der Waals surface area contributed by atoms with Crippen molar-refractivity contribution in [3.63, 3.8) is 0 Å². The Morgan fingerprint density at radius 2 is 1.92 bits per heavy atom. The minimum Gasteiger partial charge on any atom is -0.350 e. The van der Waals surface area contributed by atoms with E-state index >= 15 is 0 Å². The molecule has 1 aliphatic carbocycles. The van der Waals surface area contributed by atoms with Crippen LogP contribution in [-0.4, -0.2) is 28.1 Å². The molecule has 26 heavy (non-hydrogen) atoms. The highest BCUT2D eigenvalue weighted by Gasteiger charge is 2.25. The number of aromatic nitrogens is 2. The van der Waals surface area contributed by atoms with E-state index in [9.17, 15) is 9.59 Å². The van der Waals surface area contributed by atoms with Crippen LogP contribution >= 0.6 is 0 Å². The number of benzene rings is 1. The minimum absolute atomic E-state index is 0.0761. The maximum Gasteiger partial charge on any atom is 0.251 e. The summed E-state index contributed by atoms with van der Waals surface area (Å²) in [7, 11) is 0. The van der Waals surface area contributed by atoms with Crippen molar-refractivity contribution >= 4 is 17.5 Å². The van der Waals surface area contributed by atoms with E-state index in [1.54, 1.807) is 24.3 Å². The molecule has 1 heterocycles. The van der Waals surface area contributed by atoms with Crippen LogP contribution < -0.4 is 10.6 Å². The average molecular weight is 354 g/mol. The molecule has 0 radical (unpaired) electrons. The van der Waals surface area contributed by atoms with Crippen LogP contribution in [0.15, 0.2) is 30.3 Å². The van der Waals surface area contributed by atoms with Gasteiger partial charge in [0, 0.05) is 29.4 Å². The van der Waals surface area contributed by atoms with E-state index in [2.05, 4.69) is 15.7 Å². The van der Waals surface area contributed by atoms with Gasteiger partial charge >= 0.3 is 0 Å². The number of nitrogens with one attached hydrogen (secondary N) is 2. The maximum atomic E-state index is 12.3. The molecule has 1 unspecified atom stereocenters. The lowest BCUT2D eigenvalue weighted by atomic mass is 9.85. The lowest BCUT2D eigenvalue weighted by Crippen LogP contribution is -2.30. The summed E-state index contributed by atoms with van der Waals surface area (Å²) in [5.74, 6) is 0.0938. The lowest BCUT2D eigenvalue weighted by molar-refractivity contribution is -0.122. The van der Waals surface area contributed by atoms with Crippen molar-refractivity contribution in [2.75, 3.05) is 11.9 Å². The normalized spacial score (nSPS) is 15.2. The quantitative estimate of drug-likeness (QED) is 0.836. The molecule has 0 aliphatic heterocycles. The van der Waals surface area contributed by atoms with Crippen LogP contribution in [0.5, 0.6) is 0 Å². The number of hydrogen-bond donors (Lipinski definition) is 2. The van der Waals surface area contributed by atoms with E-state index in [-0.39, 0.29) is 23.8 Å². The fraction of sp³-hybridized carbons (Fsp3) is 0.450. The Labute approximate surface area is 154 Å². The van der Waals surface area contributed by atoms with Crippen molar-refractivity contribution in [2.45, 2.75) is 46.1 Å². The van der Waals surface area contributed by atoms with E-state index in [1.165, 1.54) is 0 Å². The van der Waals surface area contributed by atoms with Crippen molar-refractivity contribution in [1.82, 2.24) is 15.1 Å². The monoisotopic (exact) mass is 354 g/mol. The molecule has 0 spiro atoms. The molecule has 2 amide bonds. The van der Waals surface area contributed by atoms with E-state index < -0.39 is 0 Å². The fourth-order valence-electron chi connectivity index (χ4n) is 3.14. The van der Waals surface area contributed by atoms with E-state index in [0.29, 0.717) is 12.1 Å². The van der Waals surface area contributed by atoms with Crippen molar-refractivity contribution in [1.29, 1.82) is 0 Å². The van der Waals surface area contributed by atoms with Gasteiger partial charge in [-0.1, -0.05) is 6.42 Å². The minimum atomic E-state index is -0.129. The van der Waals surface area contributed by atoms with Gasteiger partial charge in [0.2, 0.25) is 5.91 Å². The number of rotatable bonds is 6. The summed E-state index contributed by atoms with van der Waals surface area (Å²) in [5.41, 5.74) is 3.36. The third-order valence-corrected chi connectivity index (χ3v) is 4.91. The smallest absolute Gasteiger partial charge is 0.251 e. The van der Waals surface area contributed by atoms with E-state index in [0.717, 1.165) is 36.3 Å². The van der Waals surface area contributed by atoms with Gasteiger partial charge in [-0.15, -0.1) is 0 Å². The molecule has 0 bridgehead atoms. The summed E-state index contributed by atoms with van der Waals surface area (Å²) in [6.45, 7) is 6.49. The second-order valence-corrected chi connectivity index (χ2v) is 7.13. The molecule has 6 heteroatoms. The van der Waals surface area contributed by atoms with Crippen LogP contribution in [0.3, 0.4) is 0 Å². The number of aryl methyl sites for hydroxylation is 2. The summed E-state index contributed by atoms with van der Waals surface area (Å²) in [6.07, 6.45) is 3.08. The van der Waals surface area contributed by atoms with E-state index in [4.69, 9.17) is 0 Å². The summed E-state index contributed by atoms with van der Waals surface area (Å²) in [6, 6.07) is 9.12. The zero-order valence-electron chi connectivity index (χ0n) is 15.6. The number of amides is 2. The van der Waals surface area contributed by atoms with Crippen molar-refractivity contribution in [3.05, 3.63) is 47.3 Å². The molecule has 1 fully saturated rings. The van der Waals surface area contributed by atoms with Crippen LogP contribution in [0.1, 0.15) is 54.0 Å².